The second-order valence-corrected chi connectivity index (χ2v) is 6.14. The van der Waals surface area contributed by atoms with Gasteiger partial charge in [-0.2, -0.15) is 13.8 Å². The predicted molar refractivity (Wildman–Crippen MR) is 92.9 cm³/mol. The molecule has 0 bridgehead atoms. The van der Waals surface area contributed by atoms with E-state index < -0.39 is 55.2 Å². The van der Waals surface area contributed by atoms with Gasteiger partial charge in [0.05, 0.1) is 6.42 Å². The molecule has 1 saturated heterocycles. The van der Waals surface area contributed by atoms with Crippen LogP contribution in [0.25, 0.3) is 0 Å². The lowest BCUT2D eigenvalue weighted by Crippen LogP contribution is -2.42. The molecule has 1 aliphatic heterocycles. The number of hydrogen-bond donors (Lipinski definition) is 3. The topological polar surface area (TPSA) is 155 Å². The Morgan fingerprint density at radius 3 is 2.79 bits per heavy atom. The molecule has 1 aliphatic rings. The minimum atomic E-state index is -3.86. The van der Waals surface area contributed by atoms with E-state index in [-0.39, 0.29) is 12.2 Å². The predicted octanol–water partition coefficient (Wildman–Crippen LogP) is -1.19. The van der Waals surface area contributed by atoms with Gasteiger partial charge >= 0.3 is 23.6 Å². The van der Waals surface area contributed by atoms with E-state index in [9.17, 15) is 28.3 Å². The standard InChI is InChI=1S/C16H22F2N4O7/c1-2-20-5-3-11(23)28-8-12(24)27-7-9-13(25)16(17,18)14(29-9)22-6-4-10(19)21-15(22)26/h4,6,9,13-14,20,25H,2-3,5,7-8H2,1H3,(H2,19,21,26)/t9-,13-,14-/m1/s1. The number of ether oxygens (including phenoxy) is 3. The van der Waals surface area contributed by atoms with Gasteiger partial charge < -0.3 is 30.4 Å². The van der Waals surface area contributed by atoms with Crippen LogP contribution in [0.3, 0.4) is 0 Å². The Morgan fingerprint density at radius 1 is 1.41 bits per heavy atom. The molecule has 2 heterocycles. The quantitative estimate of drug-likeness (QED) is 0.328. The summed E-state index contributed by atoms with van der Waals surface area (Å²) in [6, 6.07) is 1.12. The second-order valence-electron chi connectivity index (χ2n) is 6.14. The molecule has 0 radical (unpaired) electrons. The Balaban J connectivity index is 1.89. The molecule has 0 saturated carbocycles. The largest absolute Gasteiger partial charge is 0.460 e. The number of anilines is 1. The Morgan fingerprint density at radius 2 is 2.14 bits per heavy atom. The smallest absolute Gasteiger partial charge is 0.351 e. The number of carbonyl (C=O) groups excluding carboxylic acids is 2. The number of rotatable bonds is 9. The van der Waals surface area contributed by atoms with Crippen molar-refractivity contribution in [3.63, 3.8) is 0 Å². The van der Waals surface area contributed by atoms with Crippen molar-refractivity contribution in [2.24, 2.45) is 0 Å². The molecule has 29 heavy (non-hydrogen) atoms. The minimum absolute atomic E-state index is 0.0455. The van der Waals surface area contributed by atoms with Crippen LogP contribution < -0.4 is 16.7 Å². The summed E-state index contributed by atoms with van der Waals surface area (Å²) >= 11 is 0. The van der Waals surface area contributed by atoms with E-state index in [0.717, 1.165) is 12.3 Å². The van der Waals surface area contributed by atoms with Gasteiger partial charge in [-0.25, -0.2) is 9.59 Å². The highest BCUT2D eigenvalue weighted by atomic mass is 19.3. The summed E-state index contributed by atoms with van der Waals surface area (Å²) in [5, 5.41) is 12.7. The number of alkyl halides is 2. The maximum atomic E-state index is 14.3. The number of nitrogens with zero attached hydrogens (tertiary/aromatic N) is 2. The van der Waals surface area contributed by atoms with Crippen LogP contribution >= 0.6 is 0 Å². The monoisotopic (exact) mass is 420 g/mol. The van der Waals surface area contributed by atoms with Crippen LogP contribution in [0.15, 0.2) is 17.1 Å². The van der Waals surface area contributed by atoms with E-state index in [0.29, 0.717) is 17.7 Å². The van der Waals surface area contributed by atoms with Crippen LogP contribution in [-0.2, 0) is 23.8 Å². The number of aliphatic hydroxyl groups is 1. The zero-order chi connectivity index (χ0) is 21.6. The third-order valence-electron chi connectivity index (χ3n) is 4.00. The molecular formula is C16H22F2N4O7. The Labute approximate surface area is 163 Å². The normalized spacial score (nSPS) is 23.0. The molecule has 1 fully saturated rings. The van der Waals surface area contributed by atoms with Gasteiger partial charge in [0, 0.05) is 12.7 Å². The molecule has 0 aliphatic carbocycles. The maximum absolute atomic E-state index is 14.3. The number of aromatic nitrogens is 2. The zero-order valence-electron chi connectivity index (χ0n) is 15.5. The number of nitrogen functional groups attached to an aromatic ring is 1. The molecular weight excluding hydrogens is 398 g/mol. The van der Waals surface area contributed by atoms with Crippen molar-refractivity contribution >= 4 is 17.8 Å². The van der Waals surface area contributed by atoms with Crippen LogP contribution in [-0.4, -0.2) is 71.0 Å². The number of nitrogens with one attached hydrogen (secondary N) is 1. The van der Waals surface area contributed by atoms with Crippen LogP contribution in [0, 0.1) is 0 Å². The molecule has 13 heteroatoms. The van der Waals surface area contributed by atoms with Gasteiger partial charge in [0.1, 0.15) is 18.5 Å². The molecule has 1 aromatic heterocycles. The first kappa shape index (κ1) is 22.6. The van der Waals surface area contributed by atoms with E-state index in [2.05, 4.69) is 15.0 Å². The van der Waals surface area contributed by atoms with Crippen LogP contribution in [0.1, 0.15) is 19.6 Å². The van der Waals surface area contributed by atoms with E-state index in [1.165, 1.54) is 0 Å². The van der Waals surface area contributed by atoms with Crippen molar-refractivity contribution < 1.29 is 37.7 Å². The van der Waals surface area contributed by atoms with Crippen LogP contribution in [0.4, 0.5) is 14.6 Å². The van der Waals surface area contributed by atoms with E-state index in [1.54, 1.807) is 0 Å². The Kier molecular flexibility index (Phi) is 7.59. The van der Waals surface area contributed by atoms with Gasteiger partial charge in [-0.1, -0.05) is 6.92 Å². The molecule has 0 amide bonds. The van der Waals surface area contributed by atoms with Gasteiger partial charge in [0.2, 0.25) is 6.23 Å². The fourth-order valence-corrected chi connectivity index (χ4v) is 2.51. The molecule has 0 aromatic carbocycles. The molecule has 2 rings (SSSR count). The highest BCUT2D eigenvalue weighted by molar-refractivity contribution is 5.76. The van der Waals surface area contributed by atoms with Crippen molar-refractivity contribution in [2.45, 2.75) is 37.7 Å². The molecule has 0 unspecified atom stereocenters. The Bertz CT molecular complexity index is 789. The first-order valence-corrected chi connectivity index (χ1v) is 8.74. The summed E-state index contributed by atoms with van der Waals surface area (Å²) < 4.78 is 43.6. The minimum Gasteiger partial charge on any atom is -0.460 e. The zero-order valence-corrected chi connectivity index (χ0v) is 15.5. The molecule has 4 N–H and O–H groups in total. The van der Waals surface area contributed by atoms with Crippen molar-refractivity contribution in [1.82, 2.24) is 14.9 Å². The fourth-order valence-electron chi connectivity index (χ4n) is 2.51. The number of nitrogens with two attached hydrogens (primary N) is 1. The van der Waals surface area contributed by atoms with Gasteiger partial charge in [-0.3, -0.25) is 9.36 Å². The lowest BCUT2D eigenvalue weighted by atomic mass is 10.1. The summed E-state index contributed by atoms with van der Waals surface area (Å²) in [5.74, 6) is -5.67. The van der Waals surface area contributed by atoms with Gasteiger partial charge in [0.25, 0.3) is 0 Å². The Hall–Kier alpha value is -2.64. The summed E-state index contributed by atoms with van der Waals surface area (Å²) in [5.41, 5.74) is 4.22. The van der Waals surface area contributed by atoms with Gasteiger partial charge in [0.15, 0.2) is 12.7 Å². The van der Waals surface area contributed by atoms with Crippen molar-refractivity contribution in [1.29, 1.82) is 0 Å². The third kappa shape index (κ3) is 5.68. The first-order valence-electron chi connectivity index (χ1n) is 8.74. The number of carbonyl (C=O) groups is 2. The molecule has 3 atom stereocenters. The third-order valence-corrected chi connectivity index (χ3v) is 4.00. The SMILES string of the molecule is CCNCCC(=O)OCC(=O)OC[C@H]1O[C@@H](n2ccc(N)nc2=O)C(F)(F)[C@@H]1O. The van der Waals surface area contributed by atoms with E-state index in [1.807, 2.05) is 6.92 Å². The highest BCUT2D eigenvalue weighted by Crippen LogP contribution is 2.42. The van der Waals surface area contributed by atoms with Crippen molar-refractivity contribution in [3.8, 4) is 0 Å². The number of halogens is 2. The summed E-state index contributed by atoms with van der Waals surface area (Å²) in [6.07, 6.45) is -5.13. The number of aliphatic hydroxyl groups excluding tert-OH is 1. The summed E-state index contributed by atoms with van der Waals surface area (Å²) in [4.78, 5) is 38.1. The second kappa shape index (κ2) is 9.71. The number of esters is 2. The van der Waals surface area contributed by atoms with Gasteiger partial charge in [-0.15, -0.1) is 0 Å². The fraction of sp³-hybridized carbons (Fsp3) is 0.625. The average Bonchev–Trinajstić information content (AvgIpc) is 2.88. The average molecular weight is 420 g/mol. The molecule has 162 valence electrons. The highest BCUT2D eigenvalue weighted by Gasteiger charge is 2.60. The van der Waals surface area contributed by atoms with E-state index in [4.69, 9.17) is 15.2 Å². The summed E-state index contributed by atoms with van der Waals surface area (Å²) in [7, 11) is 0. The van der Waals surface area contributed by atoms with Gasteiger partial charge in [-0.05, 0) is 12.6 Å². The van der Waals surface area contributed by atoms with Crippen molar-refractivity contribution in [3.05, 3.63) is 22.7 Å². The maximum Gasteiger partial charge on any atom is 0.351 e. The number of hydrogen-bond acceptors (Lipinski definition) is 10. The molecule has 11 nitrogen and oxygen atoms in total. The molecule has 1 aromatic rings. The molecule has 0 spiro atoms. The summed E-state index contributed by atoms with van der Waals surface area (Å²) in [6.45, 7) is 1.45. The first-order chi connectivity index (χ1) is 13.7. The lowest BCUT2D eigenvalue weighted by Gasteiger charge is -2.20. The van der Waals surface area contributed by atoms with Crippen molar-refractivity contribution in [2.75, 3.05) is 32.0 Å². The van der Waals surface area contributed by atoms with Crippen LogP contribution in [0.5, 0.6) is 0 Å². The lowest BCUT2D eigenvalue weighted by molar-refractivity contribution is -0.162. The van der Waals surface area contributed by atoms with Crippen LogP contribution in [0.2, 0.25) is 0 Å². The van der Waals surface area contributed by atoms with E-state index >= 15 is 0 Å².